The topological polar surface area (TPSA) is 140 Å². The first kappa shape index (κ1) is 24.3. The molecule has 0 aromatic carbocycles. The summed E-state index contributed by atoms with van der Waals surface area (Å²) < 4.78 is 16.7. The minimum atomic E-state index is -2.45. The number of ether oxygens (including phenoxy) is 3. The first-order chi connectivity index (χ1) is 15.9. The Morgan fingerprint density at radius 1 is 1.03 bits per heavy atom. The Morgan fingerprint density at radius 2 is 1.63 bits per heavy atom. The maximum Gasteiger partial charge on any atom is 0.332 e. The normalized spacial score (nSPS) is 49.7. The molecule has 1 spiro atoms. The summed E-state index contributed by atoms with van der Waals surface area (Å²) >= 11 is 0. The number of rotatable bonds is 1. The number of esters is 2. The van der Waals surface area contributed by atoms with Crippen molar-refractivity contribution in [2.45, 2.75) is 76.8 Å². The van der Waals surface area contributed by atoms with Crippen LogP contribution >= 0.6 is 0 Å². The van der Waals surface area contributed by atoms with Gasteiger partial charge in [-0.05, 0) is 64.5 Å². The summed E-state index contributed by atoms with van der Waals surface area (Å²) in [4.78, 5) is 54.3. The van der Waals surface area contributed by atoms with Crippen LogP contribution in [0.4, 0.5) is 0 Å². The number of methoxy groups -OCH3 is 1. The standard InChI is InChI=1S/C26H32O9/c1-20(2)13-8-9-21(3)15(23(5,31)14(13)10-16(27)35-20)11-22(4)17(28)24(6,32)18(29)26(21,19(30)33-7)25(22)12-34-25/h8,10,15,31-32H,9,11-12H2,1-7H3/t15-,21+,22+,23+,24+,25-,26-/m1/s1. The number of epoxide rings is 1. The molecule has 7 atom stereocenters. The number of allylic oxidation sites excluding steroid dienone is 1. The van der Waals surface area contributed by atoms with Gasteiger partial charge in [-0.3, -0.25) is 14.4 Å². The number of aliphatic hydroxyl groups is 2. The van der Waals surface area contributed by atoms with E-state index in [1.54, 1.807) is 40.7 Å². The third kappa shape index (κ3) is 2.31. The Labute approximate surface area is 203 Å². The molecule has 0 aromatic heterocycles. The van der Waals surface area contributed by atoms with Crippen LogP contribution in [0, 0.1) is 22.2 Å². The van der Waals surface area contributed by atoms with Crippen LogP contribution in [0.5, 0.6) is 0 Å². The van der Waals surface area contributed by atoms with Crippen molar-refractivity contribution in [3.8, 4) is 0 Å². The highest BCUT2D eigenvalue weighted by Crippen LogP contribution is 2.77. The molecule has 2 bridgehead atoms. The van der Waals surface area contributed by atoms with E-state index < -0.39 is 68.1 Å². The molecule has 3 fully saturated rings. The smallest absolute Gasteiger partial charge is 0.332 e. The lowest BCUT2D eigenvalue weighted by Crippen LogP contribution is -2.83. The number of hydrogen-bond donors (Lipinski definition) is 2. The van der Waals surface area contributed by atoms with Crippen molar-refractivity contribution in [2.24, 2.45) is 22.2 Å². The van der Waals surface area contributed by atoms with Crippen molar-refractivity contribution >= 4 is 23.5 Å². The minimum Gasteiger partial charge on any atom is -0.468 e. The van der Waals surface area contributed by atoms with Crippen LogP contribution in [-0.4, -0.2) is 69.8 Å². The molecule has 2 saturated carbocycles. The van der Waals surface area contributed by atoms with Crippen LogP contribution in [0.1, 0.15) is 54.4 Å². The monoisotopic (exact) mass is 488 g/mol. The Morgan fingerprint density at radius 3 is 2.17 bits per heavy atom. The van der Waals surface area contributed by atoms with Crippen LogP contribution in [0.15, 0.2) is 23.3 Å². The number of fused-ring (bicyclic) bond motifs is 3. The van der Waals surface area contributed by atoms with Gasteiger partial charge in [-0.25, -0.2) is 4.79 Å². The lowest BCUT2D eigenvalue weighted by molar-refractivity contribution is -0.239. The van der Waals surface area contributed by atoms with Crippen molar-refractivity contribution in [1.82, 2.24) is 0 Å². The fourth-order valence-electron chi connectivity index (χ4n) is 8.16. The third-order valence-corrected chi connectivity index (χ3v) is 9.90. The summed E-state index contributed by atoms with van der Waals surface area (Å²) in [6.07, 6.45) is 3.15. The van der Waals surface area contributed by atoms with Gasteiger partial charge >= 0.3 is 11.9 Å². The fourth-order valence-corrected chi connectivity index (χ4v) is 8.16. The SMILES string of the molecule is COC(=O)[C@]12C(=O)[C@@](C)(O)C(=O)[C@](C)(C[C@H]3[C@@](C)(O)C4=CC(=O)OC(C)(C)C4=CC[C@@]31C)[C@]21CO1. The molecule has 35 heavy (non-hydrogen) atoms. The lowest BCUT2D eigenvalue weighted by atomic mass is 9.33. The highest BCUT2D eigenvalue weighted by atomic mass is 16.6. The zero-order valence-electron chi connectivity index (χ0n) is 21.1. The first-order valence-electron chi connectivity index (χ1n) is 11.8. The van der Waals surface area contributed by atoms with E-state index in [-0.39, 0.29) is 19.4 Å². The third-order valence-electron chi connectivity index (χ3n) is 9.90. The molecule has 0 aromatic rings. The largest absolute Gasteiger partial charge is 0.468 e. The van der Waals surface area contributed by atoms with E-state index in [9.17, 15) is 29.4 Å². The molecule has 5 rings (SSSR count). The van der Waals surface area contributed by atoms with Crippen LogP contribution in [0.3, 0.4) is 0 Å². The van der Waals surface area contributed by atoms with Crippen molar-refractivity contribution in [3.05, 3.63) is 23.3 Å². The maximum absolute atomic E-state index is 14.2. The Balaban J connectivity index is 1.89. The summed E-state index contributed by atoms with van der Waals surface area (Å²) in [5.41, 5.74) is -10.8. The number of Topliss-reactive ketones (excluding diaryl/α,β-unsaturated/α-hetero) is 2. The van der Waals surface area contributed by atoms with Gasteiger partial charge < -0.3 is 24.4 Å². The zero-order chi connectivity index (χ0) is 26.2. The average molecular weight is 489 g/mol. The fraction of sp³-hybridized carbons (Fsp3) is 0.692. The van der Waals surface area contributed by atoms with Gasteiger partial charge in [0.25, 0.3) is 0 Å². The highest BCUT2D eigenvalue weighted by Gasteiger charge is 2.92. The number of hydrogen-bond acceptors (Lipinski definition) is 9. The van der Waals surface area contributed by atoms with Gasteiger partial charge in [-0.15, -0.1) is 0 Å². The molecule has 2 heterocycles. The van der Waals surface area contributed by atoms with Gasteiger partial charge in [0.05, 0.1) is 24.7 Å². The van der Waals surface area contributed by atoms with E-state index in [4.69, 9.17) is 14.2 Å². The molecule has 0 radical (unpaired) electrons. The summed E-state index contributed by atoms with van der Waals surface area (Å²) in [6.45, 7) is 9.33. The molecule has 2 aliphatic heterocycles. The average Bonchev–Trinajstić information content (AvgIpc) is 3.55. The maximum atomic E-state index is 14.2. The predicted molar refractivity (Wildman–Crippen MR) is 120 cm³/mol. The Hall–Kier alpha value is -2.36. The molecule has 0 unspecified atom stereocenters. The molecule has 0 amide bonds. The van der Waals surface area contributed by atoms with Crippen molar-refractivity contribution in [1.29, 1.82) is 0 Å². The number of cyclic esters (lactones) is 1. The molecule has 3 aliphatic carbocycles. The molecule has 190 valence electrons. The Kier molecular flexibility index (Phi) is 4.38. The molecule has 1 saturated heterocycles. The number of carbonyl (C=O) groups excluding carboxylic acids is 4. The Bertz CT molecular complexity index is 1170. The zero-order valence-corrected chi connectivity index (χ0v) is 21.1. The molecular formula is C26H32O9. The highest BCUT2D eigenvalue weighted by molar-refractivity contribution is 6.25. The first-order valence-corrected chi connectivity index (χ1v) is 11.8. The number of carbonyl (C=O) groups is 4. The molecule has 9 heteroatoms. The van der Waals surface area contributed by atoms with E-state index >= 15 is 0 Å². The van der Waals surface area contributed by atoms with E-state index in [0.717, 1.165) is 14.0 Å². The van der Waals surface area contributed by atoms with Crippen molar-refractivity contribution < 1.29 is 43.6 Å². The van der Waals surface area contributed by atoms with Crippen LogP contribution in [-0.2, 0) is 33.4 Å². The van der Waals surface area contributed by atoms with Gasteiger partial charge in [0.1, 0.15) is 11.2 Å². The minimum absolute atomic E-state index is 0.0193. The van der Waals surface area contributed by atoms with E-state index in [1.807, 2.05) is 0 Å². The summed E-state index contributed by atoms with van der Waals surface area (Å²) in [6, 6.07) is 0. The van der Waals surface area contributed by atoms with Gasteiger partial charge in [-0.1, -0.05) is 13.0 Å². The van der Waals surface area contributed by atoms with Gasteiger partial charge in [0.15, 0.2) is 22.6 Å². The van der Waals surface area contributed by atoms with Gasteiger partial charge in [0, 0.05) is 11.5 Å². The molecule has 2 N–H and O–H groups in total. The predicted octanol–water partition coefficient (Wildman–Crippen LogP) is 1.19. The van der Waals surface area contributed by atoms with E-state index in [1.165, 1.54) is 6.08 Å². The quantitative estimate of drug-likeness (QED) is 0.316. The van der Waals surface area contributed by atoms with Gasteiger partial charge in [0.2, 0.25) is 0 Å². The van der Waals surface area contributed by atoms with Crippen molar-refractivity contribution in [3.63, 3.8) is 0 Å². The van der Waals surface area contributed by atoms with Crippen LogP contribution in [0.25, 0.3) is 0 Å². The van der Waals surface area contributed by atoms with Crippen molar-refractivity contribution in [2.75, 3.05) is 13.7 Å². The second-order valence-electron chi connectivity index (χ2n) is 12.1. The van der Waals surface area contributed by atoms with Crippen LogP contribution < -0.4 is 0 Å². The van der Waals surface area contributed by atoms with Gasteiger partial charge in [-0.2, -0.15) is 0 Å². The van der Waals surface area contributed by atoms with E-state index in [0.29, 0.717) is 11.1 Å². The second kappa shape index (κ2) is 6.30. The second-order valence-corrected chi connectivity index (χ2v) is 12.1. The summed E-state index contributed by atoms with van der Waals surface area (Å²) in [5.74, 6) is -4.12. The molecular weight excluding hydrogens is 456 g/mol. The lowest BCUT2D eigenvalue weighted by Gasteiger charge is -2.67. The summed E-state index contributed by atoms with van der Waals surface area (Å²) in [7, 11) is 1.15. The molecule has 5 aliphatic rings. The number of ketones is 2. The van der Waals surface area contributed by atoms with Crippen LogP contribution in [0.2, 0.25) is 0 Å². The summed E-state index contributed by atoms with van der Waals surface area (Å²) in [5, 5.41) is 23.5. The molecule has 9 nitrogen and oxygen atoms in total. The van der Waals surface area contributed by atoms with E-state index in [2.05, 4.69) is 0 Å².